The molecule has 0 aliphatic carbocycles. The zero-order chi connectivity index (χ0) is 23.0. The number of amides is 1. The molecule has 7 nitrogen and oxygen atoms in total. The maximum absolute atomic E-state index is 13.2. The smallest absolute Gasteiger partial charge is 0.230 e. The van der Waals surface area contributed by atoms with Gasteiger partial charge in [0.05, 0.1) is 12.9 Å². The van der Waals surface area contributed by atoms with E-state index in [2.05, 4.69) is 25.1 Å². The first-order valence-electron chi connectivity index (χ1n) is 10.7. The number of nitrogens with one attached hydrogen (secondary N) is 1. The van der Waals surface area contributed by atoms with Crippen LogP contribution in [0, 0.1) is 5.82 Å². The Labute approximate surface area is 197 Å². The Bertz CT molecular complexity index is 1060. The number of piperazine rings is 1. The van der Waals surface area contributed by atoms with Gasteiger partial charge >= 0.3 is 0 Å². The quantitative estimate of drug-likeness (QED) is 0.402. The van der Waals surface area contributed by atoms with E-state index in [4.69, 9.17) is 4.74 Å². The Morgan fingerprint density at radius 3 is 2.42 bits per heavy atom. The fraction of sp³-hybridized carbons (Fsp3) is 0.292. The average molecular weight is 468 g/mol. The Morgan fingerprint density at radius 1 is 1.03 bits per heavy atom. The average Bonchev–Trinajstić information content (AvgIpc) is 2.87. The number of thioether (sulfide) groups is 1. The summed E-state index contributed by atoms with van der Waals surface area (Å²) in [4.78, 5) is 25.6. The van der Waals surface area contributed by atoms with Crippen LogP contribution in [0.3, 0.4) is 0 Å². The van der Waals surface area contributed by atoms with Gasteiger partial charge in [0.15, 0.2) is 5.16 Å². The first-order chi connectivity index (χ1) is 16.1. The van der Waals surface area contributed by atoms with E-state index in [1.165, 1.54) is 23.9 Å². The number of anilines is 2. The third-order valence-electron chi connectivity index (χ3n) is 5.40. The fourth-order valence-corrected chi connectivity index (χ4v) is 4.20. The predicted octanol–water partition coefficient (Wildman–Crippen LogP) is 3.36. The molecule has 172 valence electrons. The van der Waals surface area contributed by atoms with Crippen LogP contribution in [0.2, 0.25) is 0 Å². The molecule has 1 fully saturated rings. The van der Waals surface area contributed by atoms with Crippen molar-refractivity contribution in [3.05, 3.63) is 72.2 Å². The van der Waals surface area contributed by atoms with Gasteiger partial charge in [0.25, 0.3) is 0 Å². The van der Waals surface area contributed by atoms with E-state index in [1.807, 2.05) is 42.5 Å². The SMILES string of the molecule is COc1ccc(CNC(=O)CSc2nccc(N3CCN(c4ccc(F)cc4)CC3)n2)cc1. The molecule has 33 heavy (non-hydrogen) atoms. The summed E-state index contributed by atoms with van der Waals surface area (Å²) < 4.78 is 18.3. The summed E-state index contributed by atoms with van der Waals surface area (Å²) in [5, 5.41) is 3.49. The lowest BCUT2D eigenvalue weighted by atomic mass is 10.2. The number of methoxy groups -OCH3 is 1. The van der Waals surface area contributed by atoms with Gasteiger partial charge in [-0.3, -0.25) is 4.79 Å². The van der Waals surface area contributed by atoms with Crippen molar-refractivity contribution >= 4 is 29.2 Å². The maximum Gasteiger partial charge on any atom is 0.230 e. The molecular formula is C24H26FN5O2S. The Hall–Kier alpha value is -3.33. The third-order valence-corrected chi connectivity index (χ3v) is 6.26. The van der Waals surface area contributed by atoms with Crippen molar-refractivity contribution in [2.24, 2.45) is 0 Å². The number of carbonyl (C=O) groups excluding carboxylic acids is 1. The Morgan fingerprint density at radius 2 is 1.73 bits per heavy atom. The highest BCUT2D eigenvalue weighted by Gasteiger charge is 2.19. The number of ether oxygens (including phenoxy) is 1. The molecule has 9 heteroatoms. The second kappa shape index (κ2) is 11.0. The molecule has 1 N–H and O–H groups in total. The normalized spacial score (nSPS) is 13.6. The van der Waals surface area contributed by atoms with E-state index in [0.717, 1.165) is 49.0 Å². The molecule has 3 aromatic rings. The lowest BCUT2D eigenvalue weighted by Gasteiger charge is -2.36. The van der Waals surface area contributed by atoms with Crippen molar-refractivity contribution in [3.63, 3.8) is 0 Å². The molecule has 2 aromatic carbocycles. The van der Waals surface area contributed by atoms with E-state index in [-0.39, 0.29) is 17.5 Å². The van der Waals surface area contributed by atoms with Gasteiger partial charge in [-0.1, -0.05) is 23.9 Å². The number of rotatable bonds is 8. The van der Waals surface area contributed by atoms with Crippen LogP contribution in [-0.4, -0.2) is 54.9 Å². The second-order valence-electron chi connectivity index (χ2n) is 7.56. The summed E-state index contributed by atoms with van der Waals surface area (Å²) in [6, 6.07) is 16.1. The van der Waals surface area contributed by atoms with Gasteiger partial charge in [0, 0.05) is 44.6 Å². The molecule has 0 unspecified atom stereocenters. The third kappa shape index (κ3) is 6.35. The minimum Gasteiger partial charge on any atom is -0.497 e. The number of nitrogens with zero attached hydrogens (tertiary/aromatic N) is 4. The van der Waals surface area contributed by atoms with Crippen molar-refractivity contribution in [2.45, 2.75) is 11.7 Å². The van der Waals surface area contributed by atoms with Crippen LogP contribution in [0.15, 0.2) is 66.0 Å². The van der Waals surface area contributed by atoms with E-state index in [1.54, 1.807) is 13.3 Å². The van der Waals surface area contributed by atoms with Gasteiger partial charge in [0.1, 0.15) is 17.4 Å². The molecule has 1 aliphatic rings. The van der Waals surface area contributed by atoms with E-state index in [9.17, 15) is 9.18 Å². The van der Waals surface area contributed by atoms with Gasteiger partial charge in [-0.15, -0.1) is 0 Å². The fourth-order valence-electron chi connectivity index (χ4n) is 3.55. The molecule has 0 saturated carbocycles. The van der Waals surface area contributed by atoms with Crippen molar-refractivity contribution in [1.29, 1.82) is 0 Å². The van der Waals surface area contributed by atoms with Crippen molar-refractivity contribution in [1.82, 2.24) is 15.3 Å². The first kappa shape index (κ1) is 22.8. The van der Waals surface area contributed by atoms with Crippen molar-refractivity contribution in [3.8, 4) is 5.75 Å². The van der Waals surface area contributed by atoms with Crippen LogP contribution in [0.5, 0.6) is 5.75 Å². The van der Waals surface area contributed by atoms with Gasteiger partial charge < -0.3 is 19.9 Å². The number of hydrogen-bond acceptors (Lipinski definition) is 7. The number of hydrogen-bond donors (Lipinski definition) is 1. The van der Waals surface area contributed by atoms with Gasteiger partial charge in [-0.25, -0.2) is 14.4 Å². The molecule has 2 heterocycles. The zero-order valence-electron chi connectivity index (χ0n) is 18.4. The highest BCUT2D eigenvalue weighted by atomic mass is 32.2. The van der Waals surface area contributed by atoms with Crippen LogP contribution in [0.25, 0.3) is 0 Å². The molecule has 1 saturated heterocycles. The van der Waals surface area contributed by atoms with E-state index in [0.29, 0.717) is 11.7 Å². The van der Waals surface area contributed by atoms with Crippen LogP contribution in [-0.2, 0) is 11.3 Å². The van der Waals surface area contributed by atoms with Crippen molar-refractivity contribution < 1.29 is 13.9 Å². The number of aromatic nitrogens is 2. The van der Waals surface area contributed by atoms with Crippen LogP contribution < -0.4 is 19.9 Å². The Balaban J connectivity index is 1.24. The molecule has 0 atom stereocenters. The van der Waals surface area contributed by atoms with Crippen molar-refractivity contribution in [2.75, 3.05) is 48.8 Å². The van der Waals surface area contributed by atoms with E-state index < -0.39 is 0 Å². The lowest BCUT2D eigenvalue weighted by Crippen LogP contribution is -2.46. The highest BCUT2D eigenvalue weighted by Crippen LogP contribution is 2.21. The summed E-state index contributed by atoms with van der Waals surface area (Å²) in [5.41, 5.74) is 2.03. The molecule has 0 spiro atoms. The van der Waals surface area contributed by atoms with Gasteiger partial charge in [0.2, 0.25) is 5.91 Å². The molecule has 1 aliphatic heterocycles. The topological polar surface area (TPSA) is 70.6 Å². The van der Waals surface area contributed by atoms with Crippen LogP contribution >= 0.6 is 11.8 Å². The van der Waals surface area contributed by atoms with Gasteiger partial charge in [-0.05, 0) is 48.0 Å². The summed E-state index contributed by atoms with van der Waals surface area (Å²) in [5.74, 6) is 1.59. The molecular weight excluding hydrogens is 441 g/mol. The maximum atomic E-state index is 13.2. The number of halogens is 1. The molecule has 1 aromatic heterocycles. The summed E-state index contributed by atoms with van der Waals surface area (Å²) in [6.45, 7) is 3.72. The number of carbonyl (C=O) groups is 1. The lowest BCUT2D eigenvalue weighted by molar-refractivity contribution is -0.118. The highest BCUT2D eigenvalue weighted by molar-refractivity contribution is 7.99. The molecule has 1 amide bonds. The molecule has 0 bridgehead atoms. The standard InChI is InChI=1S/C24H26FN5O2S/c1-32-21-8-2-18(3-9-21)16-27-23(31)17-33-24-26-11-10-22(28-24)30-14-12-29(13-15-30)20-6-4-19(25)5-7-20/h2-11H,12-17H2,1H3,(H,27,31). The predicted molar refractivity (Wildman–Crippen MR) is 128 cm³/mol. The summed E-state index contributed by atoms with van der Waals surface area (Å²) in [6.07, 6.45) is 1.73. The summed E-state index contributed by atoms with van der Waals surface area (Å²) >= 11 is 1.32. The monoisotopic (exact) mass is 467 g/mol. The van der Waals surface area contributed by atoms with E-state index >= 15 is 0 Å². The van der Waals surface area contributed by atoms with Crippen LogP contribution in [0.4, 0.5) is 15.9 Å². The summed E-state index contributed by atoms with van der Waals surface area (Å²) in [7, 11) is 1.62. The molecule has 4 rings (SSSR count). The van der Waals surface area contributed by atoms with Crippen LogP contribution in [0.1, 0.15) is 5.56 Å². The second-order valence-corrected chi connectivity index (χ2v) is 8.50. The van der Waals surface area contributed by atoms with Gasteiger partial charge in [-0.2, -0.15) is 0 Å². The molecule has 0 radical (unpaired) electrons. The largest absolute Gasteiger partial charge is 0.497 e. The minimum atomic E-state index is -0.224. The first-order valence-corrected chi connectivity index (χ1v) is 11.7. The zero-order valence-corrected chi connectivity index (χ0v) is 19.2. The number of benzene rings is 2. The Kier molecular flexibility index (Phi) is 7.62. The minimum absolute atomic E-state index is 0.0715.